The highest BCUT2D eigenvalue weighted by Gasteiger charge is 2.13. The number of aryl methyl sites for hydroxylation is 1. The van der Waals surface area contributed by atoms with Crippen LogP contribution in [0.15, 0.2) is 24.5 Å². The third-order valence-corrected chi connectivity index (χ3v) is 3.07. The molecule has 17 heavy (non-hydrogen) atoms. The largest absolute Gasteiger partial charge is 0.313 e. The first-order valence-corrected chi connectivity index (χ1v) is 5.78. The third-order valence-electron chi connectivity index (χ3n) is 3.07. The van der Waals surface area contributed by atoms with Gasteiger partial charge in [-0.2, -0.15) is 5.10 Å². The molecule has 2 rings (SSSR count). The van der Waals surface area contributed by atoms with Gasteiger partial charge < -0.3 is 5.32 Å². The van der Waals surface area contributed by atoms with Gasteiger partial charge in [0.15, 0.2) is 5.82 Å². The van der Waals surface area contributed by atoms with Crippen LogP contribution in [0, 0.1) is 13.8 Å². The van der Waals surface area contributed by atoms with Crippen molar-refractivity contribution < 1.29 is 0 Å². The van der Waals surface area contributed by atoms with Crippen LogP contribution in [-0.2, 0) is 0 Å². The Morgan fingerprint density at radius 2 is 2.12 bits per heavy atom. The third kappa shape index (κ3) is 2.22. The zero-order valence-electron chi connectivity index (χ0n) is 10.7. The molecule has 1 N–H and O–H groups in total. The molecule has 4 nitrogen and oxygen atoms in total. The molecule has 2 aromatic heterocycles. The van der Waals surface area contributed by atoms with E-state index < -0.39 is 0 Å². The van der Waals surface area contributed by atoms with Gasteiger partial charge >= 0.3 is 0 Å². The maximum Gasteiger partial charge on any atom is 0.153 e. The van der Waals surface area contributed by atoms with Crippen molar-refractivity contribution in [2.45, 2.75) is 26.8 Å². The van der Waals surface area contributed by atoms with E-state index in [-0.39, 0.29) is 0 Å². The SMILES string of the molecule is CNC(C)c1cnn(-c2cc(C)ccn2)c1C. The molecule has 1 unspecified atom stereocenters. The maximum absolute atomic E-state index is 4.41. The highest BCUT2D eigenvalue weighted by atomic mass is 15.3. The Morgan fingerprint density at radius 1 is 1.35 bits per heavy atom. The van der Waals surface area contributed by atoms with Gasteiger partial charge in [-0.05, 0) is 45.5 Å². The second-order valence-corrected chi connectivity index (χ2v) is 4.30. The fourth-order valence-corrected chi connectivity index (χ4v) is 1.87. The Balaban J connectivity index is 2.44. The molecule has 90 valence electrons. The van der Waals surface area contributed by atoms with Crippen LogP contribution >= 0.6 is 0 Å². The summed E-state index contributed by atoms with van der Waals surface area (Å²) in [5, 5.41) is 7.63. The molecule has 0 saturated carbocycles. The molecule has 1 atom stereocenters. The number of rotatable bonds is 3. The number of nitrogens with one attached hydrogen (secondary N) is 1. The van der Waals surface area contributed by atoms with Crippen LogP contribution in [0.4, 0.5) is 0 Å². The van der Waals surface area contributed by atoms with Gasteiger partial charge in [-0.1, -0.05) is 0 Å². The van der Waals surface area contributed by atoms with Crippen LogP contribution in [0.5, 0.6) is 0 Å². The lowest BCUT2D eigenvalue weighted by Crippen LogP contribution is -2.13. The van der Waals surface area contributed by atoms with Crippen LogP contribution in [0.25, 0.3) is 5.82 Å². The topological polar surface area (TPSA) is 42.7 Å². The predicted molar refractivity (Wildman–Crippen MR) is 68.3 cm³/mol. The summed E-state index contributed by atoms with van der Waals surface area (Å²) in [6.45, 7) is 6.25. The van der Waals surface area contributed by atoms with Crippen molar-refractivity contribution >= 4 is 0 Å². The van der Waals surface area contributed by atoms with E-state index >= 15 is 0 Å². The van der Waals surface area contributed by atoms with Crippen LogP contribution < -0.4 is 5.32 Å². The van der Waals surface area contributed by atoms with Crippen LogP contribution in [0.3, 0.4) is 0 Å². The number of aromatic nitrogens is 3. The Hall–Kier alpha value is -1.68. The summed E-state index contributed by atoms with van der Waals surface area (Å²) in [6.07, 6.45) is 3.72. The van der Waals surface area contributed by atoms with Crippen molar-refractivity contribution in [3.63, 3.8) is 0 Å². The standard InChI is InChI=1S/C13H18N4/c1-9-5-6-15-13(7-9)17-11(3)12(8-16-17)10(2)14-4/h5-8,10,14H,1-4H3. The molecule has 0 aliphatic heterocycles. The molecule has 0 amide bonds. The smallest absolute Gasteiger partial charge is 0.153 e. The molecule has 0 aromatic carbocycles. The van der Waals surface area contributed by atoms with E-state index in [1.165, 1.54) is 11.1 Å². The Morgan fingerprint density at radius 3 is 2.76 bits per heavy atom. The lowest BCUT2D eigenvalue weighted by molar-refractivity contribution is 0.647. The fraction of sp³-hybridized carbons (Fsp3) is 0.385. The minimum atomic E-state index is 0.300. The van der Waals surface area contributed by atoms with E-state index in [4.69, 9.17) is 0 Å². The zero-order chi connectivity index (χ0) is 12.4. The van der Waals surface area contributed by atoms with Gasteiger partial charge in [0.1, 0.15) is 0 Å². The van der Waals surface area contributed by atoms with E-state index in [9.17, 15) is 0 Å². The van der Waals surface area contributed by atoms with E-state index in [1.54, 1.807) is 0 Å². The molecule has 0 spiro atoms. The van der Waals surface area contributed by atoms with E-state index in [1.807, 2.05) is 36.3 Å². The minimum absolute atomic E-state index is 0.300. The summed E-state index contributed by atoms with van der Waals surface area (Å²) in [6, 6.07) is 4.32. The van der Waals surface area contributed by atoms with Crippen molar-refractivity contribution in [3.8, 4) is 5.82 Å². The lowest BCUT2D eigenvalue weighted by Gasteiger charge is -2.10. The summed E-state index contributed by atoms with van der Waals surface area (Å²) in [7, 11) is 1.95. The average Bonchev–Trinajstić information content (AvgIpc) is 2.70. The summed E-state index contributed by atoms with van der Waals surface area (Å²) >= 11 is 0. The van der Waals surface area contributed by atoms with Gasteiger partial charge in [0, 0.05) is 23.5 Å². The fourth-order valence-electron chi connectivity index (χ4n) is 1.87. The molecule has 2 aromatic rings. The highest BCUT2D eigenvalue weighted by molar-refractivity contribution is 5.32. The number of pyridine rings is 1. The van der Waals surface area contributed by atoms with Crippen molar-refractivity contribution in [1.82, 2.24) is 20.1 Å². The summed E-state index contributed by atoms with van der Waals surface area (Å²) in [5.41, 5.74) is 3.52. The predicted octanol–water partition coefficient (Wildman–Crippen LogP) is 2.16. The monoisotopic (exact) mass is 230 g/mol. The molecule has 0 saturated heterocycles. The Bertz CT molecular complexity index is 516. The molecule has 4 heteroatoms. The van der Waals surface area contributed by atoms with E-state index in [2.05, 4.69) is 36.2 Å². The zero-order valence-corrected chi connectivity index (χ0v) is 10.7. The lowest BCUT2D eigenvalue weighted by atomic mass is 10.1. The molecule has 2 heterocycles. The quantitative estimate of drug-likeness (QED) is 0.878. The average molecular weight is 230 g/mol. The van der Waals surface area contributed by atoms with Gasteiger partial charge in [0.2, 0.25) is 0 Å². The van der Waals surface area contributed by atoms with Gasteiger partial charge in [0.05, 0.1) is 6.20 Å². The normalized spacial score (nSPS) is 12.7. The summed E-state index contributed by atoms with van der Waals surface area (Å²) < 4.78 is 1.89. The van der Waals surface area contributed by atoms with Crippen molar-refractivity contribution in [2.24, 2.45) is 0 Å². The molecular weight excluding hydrogens is 212 g/mol. The summed E-state index contributed by atoms with van der Waals surface area (Å²) in [5.74, 6) is 0.872. The van der Waals surface area contributed by atoms with E-state index in [0.29, 0.717) is 6.04 Å². The number of hydrogen-bond acceptors (Lipinski definition) is 3. The van der Waals surface area contributed by atoms with Crippen LogP contribution in [0.1, 0.15) is 29.8 Å². The molecule has 0 aliphatic rings. The molecule has 0 radical (unpaired) electrons. The van der Waals surface area contributed by atoms with Crippen molar-refractivity contribution in [2.75, 3.05) is 7.05 Å². The first kappa shape index (κ1) is 11.8. The Labute approximate surface area is 102 Å². The highest BCUT2D eigenvalue weighted by Crippen LogP contribution is 2.18. The summed E-state index contributed by atoms with van der Waals surface area (Å²) in [4.78, 5) is 4.35. The first-order chi connectivity index (χ1) is 8.13. The van der Waals surface area contributed by atoms with Crippen molar-refractivity contribution in [3.05, 3.63) is 41.3 Å². The molecule has 0 aliphatic carbocycles. The molecular formula is C13H18N4. The van der Waals surface area contributed by atoms with Gasteiger partial charge in [-0.25, -0.2) is 9.67 Å². The van der Waals surface area contributed by atoms with Crippen molar-refractivity contribution in [1.29, 1.82) is 0 Å². The second-order valence-electron chi connectivity index (χ2n) is 4.30. The second kappa shape index (κ2) is 4.67. The maximum atomic E-state index is 4.41. The van der Waals surface area contributed by atoms with Gasteiger partial charge in [-0.3, -0.25) is 0 Å². The van der Waals surface area contributed by atoms with Gasteiger partial charge in [0.25, 0.3) is 0 Å². The Kier molecular flexibility index (Phi) is 3.24. The van der Waals surface area contributed by atoms with Crippen LogP contribution in [-0.4, -0.2) is 21.8 Å². The first-order valence-electron chi connectivity index (χ1n) is 5.78. The van der Waals surface area contributed by atoms with E-state index in [0.717, 1.165) is 11.5 Å². The minimum Gasteiger partial charge on any atom is -0.313 e. The molecule has 0 bridgehead atoms. The van der Waals surface area contributed by atoms with Gasteiger partial charge in [-0.15, -0.1) is 0 Å². The van der Waals surface area contributed by atoms with Crippen LogP contribution in [0.2, 0.25) is 0 Å². The number of nitrogens with zero attached hydrogens (tertiary/aromatic N) is 3. The molecule has 0 fully saturated rings. The number of hydrogen-bond donors (Lipinski definition) is 1.